The predicted octanol–water partition coefficient (Wildman–Crippen LogP) is 16.0. The van der Waals surface area contributed by atoms with Crippen LogP contribution in [0.2, 0.25) is 0 Å². The highest BCUT2D eigenvalue weighted by atomic mass is 32.1. The summed E-state index contributed by atoms with van der Waals surface area (Å²) in [4.78, 5) is 2.44. The maximum absolute atomic E-state index is 2.44. The van der Waals surface area contributed by atoms with Crippen molar-refractivity contribution in [3.05, 3.63) is 212 Å². The molecule has 0 N–H and O–H groups in total. The standard InChI is InChI=1S/C54H35NS/c1-2-10-36(11-3-1)38-24-28-47(29-25-38)55(51-35-46-14-6-7-15-49(46)53-50-16-8-9-17-52(50)56-54(51)53)48-30-26-39(27-31-48)41-20-21-44-34-45(23-22-43(44)33-41)42-19-18-37-12-4-5-13-40(37)32-42/h1-35H. The van der Waals surface area contributed by atoms with Gasteiger partial charge in [0.05, 0.1) is 10.4 Å². The summed E-state index contributed by atoms with van der Waals surface area (Å²) in [7, 11) is 0. The van der Waals surface area contributed by atoms with Gasteiger partial charge in [-0.1, -0.05) is 158 Å². The summed E-state index contributed by atoms with van der Waals surface area (Å²) >= 11 is 1.88. The third kappa shape index (κ3) is 5.62. The average Bonchev–Trinajstić information content (AvgIpc) is 3.67. The molecule has 262 valence electrons. The van der Waals surface area contributed by atoms with Gasteiger partial charge in [-0.3, -0.25) is 0 Å². The van der Waals surface area contributed by atoms with E-state index < -0.39 is 0 Å². The Balaban J connectivity index is 1.01. The molecule has 1 nitrogen and oxygen atoms in total. The maximum Gasteiger partial charge on any atom is 0.0646 e. The Kier molecular flexibility index (Phi) is 7.75. The van der Waals surface area contributed by atoms with E-state index in [1.165, 1.54) is 91.6 Å². The van der Waals surface area contributed by atoms with Gasteiger partial charge in [-0.25, -0.2) is 0 Å². The first-order chi connectivity index (χ1) is 27.7. The van der Waals surface area contributed by atoms with Crippen LogP contribution in [0.1, 0.15) is 0 Å². The topological polar surface area (TPSA) is 3.24 Å². The van der Waals surface area contributed by atoms with Crippen molar-refractivity contribution in [1.82, 2.24) is 0 Å². The lowest BCUT2D eigenvalue weighted by molar-refractivity contribution is 1.30. The van der Waals surface area contributed by atoms with E-state index in [1.54, 1.807) is 0 Å². The monoisotopic (exact) mass is 729 g/mol. The van der Waals surface area contributed by atoms with Crippen LogP contribution in [0.15, 0.2) is 212 Å². The van der Waals surface area contributed by atoms with Crippen molar-refractivity contribution in [2.24, 2.45) is 0 Å². The Hall–Kier alpha value is -7.00. The normalized spacial score (nSPS) is 11.6. The van der Waals surface area contributed by atoms with Crippen LogP contribution in [0.25, 0.3) is 85.9 Å². The molecule has 11 aromatic rings. The second-order valence-corrected chi connectivity index (χ2v) is 15.6. The molecule has 56 heavy (non-hydrogen) atoms. The van der Waals surface area contributed by atoms with E-state index in [-0.39, 0.29) is 0 Å². The zero-order chi connectivity index (χ0) is 37.0. The molecular formula is C54H35NS. The number of hydrogen-bond acceptors (Lipinski definition) is 2. The molecule has 10 aromatic carbocycles. The predicted molar refractivity (Wildman–Crippen MR) is 243 cm³/mol. The molecule has 0 aliphatic rings. The first kappa shape index (κ1) is 32.4. The molecule has 2 heteroatoms. The second kappa shape index (κ2) is 13.4. The minimum absolute atomic E-state index is 1.12. The van der Waals surface area contributed by atoms with E-state index >= 15 is 0 Å². The van der Waals surface area contributed by atoms with Crippen molar-refractivity contribution in [3.63, 3.8) is 0 Å². The van der Waals surface area contributed by atoms with Gasteiger partial charge in [0.1, 0.15) is 0 Å². The van der Waals surface area contributed by atoms with Gasteiger partial charge in [-0.05, 0) is 120 Å². The first-order valence-electron chi connectivity index (χ1n) is 19.2. The molecule has 0 unspecified atom stereocenters. The fourth-order valence-corrected chi connectivity index (χ4v) is 9.58. The Morgan fingerprint density at radius 1 is 0.304 bits per heavy atom. The Bertz CT molecular complexity index is 3230. The van der Waals surface area contributed by atoms with Crippen LogP contribution < -0.4 is 4.90 Å². The number of nitrogens with zero attached hydrogens (tertiary/aromatic N) is 1. The summed E-state index contributed by atoms with van der Waals surface area (Å²) in [6.07, 6.45) is 0. The molecule has 0 radical (unpaired) electrons. The number of thiophene rings is 1. The van der Waals surface area contributed by atoms with E-state index in [9.17, 15) is 0 Å². The van der Waals surface area contributed by atoms with Crippen LogP contribution in [0.3, 0.4) is 0 Å². The molecular weight excluding hydrogens is 695 g/mol. The molecule has 0 aliphatic heterocycles. The summed E-state index contributed by atoms with van der Waals surface area (Å²) in [5.74, 6) is 0. The summed E-state index contributed by atoms with van der Waals surface area (Å²) in [5, 5.41) is 10.2. The molecule has 11 rings (SSSR count). The number of anilines is 3. The molecule has 0 fully saturated rings. The maximum atomic E-state index is 2.44. The second-order valence-electron chi connectivity index (χ2n) is 14.6. The summed E-state index contributed by atoms with van der Waals surface area (Å²) < 4.78 is 2.59. The Morgan fingerprint density at radius 2 is 0.750 bits per heavy atom. The van der Waals surface area contributed by atoms with Crippen molar-refractivity contribution >= 4 is 80.9 Å². The minimum atomic E-state index is 1.12. The van der Waals surface area contributed by atoms with Gasteiger partial charge in [0.2, 0.25) is 0 Å². The number of benzene rings is 10. The third-order valence-electron chi connectivity index (χ3n) is 11.2. The summed E-state index contributed by atoms with van der Waals surface area (Å²) in [6, 6.07) is 77.7. The lowest BCUT2D eigenvalue weighted by atomic mass is 9.96. The smallest absolute Gasteiger partial charge is 0.0646 e. The van der Waals surface area contributed by atoms with Crippen molar-refractivity contribution < 1.29 is 0 Å². The lowest BCUT2D eigenvalue weighted by Crippen LogP contribution is -2.10. The zero-order valence-electron chi connectivity index (χ0n) is 30.6. The molecule has 0 aliphatic carbocycles. The summed E-state index contributed by atoms with van der Waals surface area (Å²) in [6.45, 7) is 0. The fourth-order valence-electron chi connectivity index (χ4n) is 8.36. The highest BCUT2D eigenvalue weighted by molar-refractivity contribution is 7.26. The number of rotatable bonds is 6. The van der Waals surface area contributed by atoms with Crippen LogP contribution in [-0.4, -0.2) is 0 Å². The molecule has 0 spiro atoms. The quantitative estimate of drug-likeness (QED) is 0.165. The van der Waals surface area contributed by atoms with Gasteiger partial charge < -0.3 is 4.90 Å². The van der Waals surface area contributed by atoms with Crippen LogP contribution in [0, 0.1) is 0 Å². The SMILES string of the molecule is c1ccc(-c2ccc(N(c3ccc(-c4ccc5cc(-c6ccc7ccccc7c6)ccc5c4)cc3)c3cc4ccccc4c4c3sc3ccccc34)cc2)cc1. The van der Waals surface area contributed by atoms with Crippen molar-refractivity contribution in [3.8, 4) is 33.4 Å². The Labute approximate surface area is 330 Å². The van der Waals surface area contributed by atoms with Crippen LogP contribution in [-0.2, 0) is 0 Å². The van der Waals surface area contributed by atoms with Crippen molar-refractivity contribution in [2.75, 3.05) is 4.90 Å². The van der Waals surface area contributed by atoms with E-state index in [2.05, 4.69) is 217 Å². The highest BCUT2D eigenvalue weighted by Crippen LogP contribution is 2.48. The van der Waals surface area contributed by atoms with E-state index in [0.717, 1.165) is 11.4 Å². The van der Waals surface area contributed by atoms with Crippen molar-refractivity contribution in [1.29, 1.82) is 0 Å². The van der Waals surface area contributed by atoms with Gasteiger partial charge in [0.15, 0.2) is 0 Å². The van der Waals surface area contributed by atoms with Crippen LogP contribution in [0.5, 0.6) is 0 Å². The van der Waals surface area contributed by atoms with Gasteiger partial charge in [0.25, 0.3) is 0 Å². The highest BCUT2D eigenvalue weighted by Gasteiger charge is 2.21. The first-order valence-corrected chi connectivity index (χ1v) is 20.0. The minimum Gasteiger partial charge on any atom is -0.309 e. The Morgan fingerprint density at radius 3 is 1.41 bits per heavy atom. The molecule has 0 amide bonds. The number of hydrogen-bond donors (Lipinski definition) is 0. The van der Waals surface area contributed by atoms with E-state index in [0.29, 0.717) is 0 Å². The third-order valence-corrected chi connectivity index (χ3v) is 12.4. The summed E-state index contributed by atoms with van der Waals surface area (Å²) in [5.41, 5.74) is 10.7. The largest absolute Gasteiger partial charge is 0.309 e. The molecule has 1 heterocycles. The van der Waals surface area contributed by atoms with Gasteiger partial charge in [0, 0.05) is 26.8 Å². The van der Waals surface area contributed by atoms with Crippen LogP contribution in [0.4, 0.5) is 17.1 Å². The molecule has 0 saturated carbocycles. The van der Waals surface area contributed by atoms with Gasteiger partial charge in [-0.2, -0.15) is 0 Å². The fraction of sp³-hybridized carbons (Fsp3) is 0. The zero-order valence-corrected chi connectivity index (χ0v) is 31.4. The molecule has 0 bridgehead atoms. The average molecular weight is 730 g/mol. The molecule has 1 aromatic heterocycles. The van der Waals surface area contributed by atoms with Crippen molar-refractivity contribution in [2.45, 2.75) is 0 Å². The van der Waals surface area contributed by atoms with Crippen LogP contribution >= 0.6 is 11.3 Å². The number of fused-ring (bicyclic) bond motifs is 7. The lowest BCUT2D eigenvalue weighted by Gasteiger charge is -2.27. The van der Waals surface area contributed by atoms with E-state index in [1.807, 2.05) is 11.3 Å². The molecule has 0 atom stereocenters. The van der Waals surface area contributed by atoms with Gasteiger partial charge in [-0.15, -0.1) is 11.3 Å². The van der Waals surface area contributed by atoms with Gasteiger partial charge >= 0.3 is 0 Å². The molecule has 0 saturated heterocycles. The van der Waals surface area contributed by atoms with E-state index in [4.69, 9.17) is 0 Å².